The van der Waals surface area contributed by atoms with Crippen molar-refractivity contribution in [3.8, 4) is 0 Å². The second-order valence-corrected chi connectivity index (χ2v) is 4.89. The maximum absolute atomic E-state index is 9.73. The summed E-state index contributed by atoms with van der Waals surface area (Å²) in [6.07, 6.45) is 9.85. The molecule has 2 fully saturated rings. The van der Waals surface area contributed by atoms with Crippen LogP contribution in [-0.4, -0.2) is 23.9 Å². The number of rotatable bonds is 6. The van der Waals surface area contributed by atoms with Gasteiger partial charge < -0.3 is 9.84 Å². The van der Waals surface area contributed by atoms with Crippen molar-refractivity contribution in [3.05, 3.63) is 0 Å². The number of hydrogen-bond donors (Lipinski definition) is 1. The minimum absolute atomic E-state index is 0.0696. The first kappa shape index (κ1) is 10.4. The lowest BCUT2D eigenvalue weighted by molar-refractivity contribution is 0.0779. The third kappa shape index (κ3) is 3.58. The molecular formula is C12H22O2. The van der Waals surface area contributed by atoms with Gasteiger partial charge in [0.15, 0.2) is 0 Å². The molecule has 82 valence electrons. The van der Waals surface area contributed by atoms with E-state index in [0.717, 1.165) is 31.8 Å². The molecule has 1 aliphatic heterocycles. The molecule has 1 saturated heterocycles. The van der Waals surface area contributed by atoms with Gasteiger partial charge in [0, 0.05) is 6.61 Å². The zero-order valence-corrected chi connectivity index (χ0v) is 8.95. The maximum Gasteiger partial charge on any atom is 0.0577 e. The lowest BCUT2D eigenvalue weighted by atomic mass is 10.0. The monoisotopic (exact) mass is 198 g/mol. The summed E-state index contributed by atoms with van der Waals surface area (Å²) in [7, 11) is 0. The summed E-state index contributed by atoms with van der Waals surface area (Å²) < 4.78 is 5.53. The van der Waals surface area contributed by atoms with Gasteiger partial charge in [-0.1, -0.05) is 12.8 Å². The van der Waals surface area contributed by atoms with E-state index < -0.39 is 0 Å². The Morgan fingerprint density at radius 3 is 2.57 bits per heavy atom. The number of aliphatic hydroxyl groups excluding tert-OH is 1. The molecule has 1 heterocycles. The van der Waals surface area contributed by atoms with Gasteiger partial charge in [-0.2, -0.15) is 0 Å². The van der Waals surface area contributed by atoms with Gasteiger partial charge in [-0.3, -0.25) is 0 Å². The van der Waals surface area contributed by atoms with E-state index in [0.29, 0.717) is 6.10 Å². The summed E-state index contributed by atoms with van der Waals surface area (Å²) in [5.41, 5.74) is 0. The molecule has 2 unspecified atom stereocenters. The molecule has 0 aromatic carbocycles. The Morgan fingerprint density at radius 1 is 1.14 bits per heavy atom. The Morgan fingerprint density at radius 2 is 1.93 bits per heavy atom. The smallest absolute Gasteiger partial charge is 0.0577 e. The second-order valence-electron chi connectivity index (χ2n) is 4.89. The summed E-state index contributed by atoms with van der Waals surface area (Å²) in [5, 5.41) is 9.73. The van der Waals surface area contributed by atoms with E-state index >= 15 is 0 Å². The van der Waals surface area contributed by atoms with Crippen molar-refractivity contribution in [2.45, 2.75) is 63.6 Å². The number of hydrogen-bond acceptors (Lipinski definition) is 2. The van der Waals surface area contributed by atoms with E-state index in [1.807, 2.05) is 0 Å². The Balaban J connectivity index is 1.50. The molecule has 2 heteroatoms. The molecule has 2 aliphatic rings. The Bertz CT molecular complexity index is 160. The van der Waals surface area contributed by atoms with Crippen LogP contribution in [0.2, 0.25) is 0 Å². The van der Waals surface area contributed by atoms with Crippen LogP contribution in [0.4, 0.5) is 0 Å². The van der Waals surface area contributed by atoms with Crippen LogP contribution >= 0.6 is 0 Å². The average molecular weight is 198 g/mol. The van der Waals surface area contributed by atoms with Crippen LogP contribution in [0.15, 0.2) is 0 Å². The molecule has 0 bridgehead atoms. The van der Waals surface area contributed by atoms with Gasteiger partial charge in [0.25, 0.3) is 0 Å². The fraction of sp³-hybridized carbons (Fsp3) is 1.00. The van der Waals surface area contributed by atoms with Gasteiger partial charge in [-0.25, -0.2) is 0 Å². The standard InChI is InChI=1S/C12H22O2/c13-11(6-5-10-3-4-10)7-8-12-2-1-9-14-12/h10-13H,1-9H2. The van der Waals surface area contributed by atoms with E-state index in [-0.39, 0.29) is 6.10 Å². The van der Waals surface area contributed by atoms with Crippen molar-refractivity contribution in [2.75, 3.05) is 6.61 Å². The molecule has 1 N–H and O–H groups in total. The highest BCUT2D eigenvalue weighted by Crippen LogP contribution is 2.34. The van der Waals surface area contributed by atoms with Gasteiger partial charge in [-0.05, 0) is 44.4 Å². The molecule has 14 heavy (non-hydrogen) atoms. The molecule has 2 nitrogen and oxygen atoms in total. The first-order valence-corrected chi connectivity index (χ1v) is 6.14. The second kappa shape index (κ2) is 5.13. The number of ether oxygens (including phenoxy) is 1. The maximum atomic E-state index is 9.73. The summed E-state index contributed by atoms with van der Waals surface area (Å²) in [4.78, 5) is 0. The first-order valence-electron chi connectivity index (χ1n) is 6.14. The third-order valence-electron chi connectivity index (χ3n) is 3.45. The molecule has 0 amide bonds. The molecule has 0 spiro atoms. The van der Waals surface area contributed by atoms with E-state index in [1.165, 1.54) is 32.1 Å². The lowest BCUT2D eigenvalue weighted by Gasteiger charge is -2.13. The van der Waals surface area contributed by atoms with Crippen LogP contribution in [0.25, 0.3) is 0 Å². The van der Waals surface area contributed by atoms with Gasteiger partial charge in [0.1, 0.15) is 0 Å². The van der Waals surface area contributed by atoms with Crippen LogP contribution in [-0.2, 0) is 4.74 Å². The minimum Gasteiger partial charge on any atom is -0.393 e. The van der Waals surface area contributed by atoms with Gasteiger partial charge in [0.05, 0.1) is 12.2 Å². The van der Waals surface area contributed by atoms with Crippen molar-refractivity contribution in [1.29, 1.82) is 0 Å². The zero-order valence-electron chi connectivity index (χ0n) is 8.95. The third-order valence-corrected chi connectivity index (χ3v) is 3.45. The summed E-state index contributed by atoms with van der Waals surface area (Å²) in [6, 6.07) is 0. The van der Waals surface area contributed by atoms with Crippen LogP contribution in [0.1, 0.15) is 51.4 Å². The molecule has 2 rings (SSSR count). The summed E-state index contributed by atoms with van der Waals surface area (Å²) in [5.74, 6) is 0.951. The van der Waals surface area contributed by atoms with Crippen molar-refractivity contribution < 1.29 is 9.84 Å². The molecule has 0 aromatic rings. The van der Waals surface area contributed by atoms with Crippen molar-refractivity contribution in [2.24, 2.45) is 5.92 Å². The largest absolute Gasteiger partial charge is 0.393 e. The van der Waals surface area contributed by atoms with Crippen LogP contribution in [0.5, 0.6) is 0 Å². The lowest BCUT2D eigenvalue weighted by Crippen LogP contribution is -2.12. The summed E-state index contributed by atoms with van der Waals surface area (Å²) >= 11 is 0. The van der Waals surface area contributed by atoms with Crippen molar-refractivity contribution in [3.63, 3.8) is 0 Å². The van der Waals surface area contributed by atoms with Crippen molar-refractivity contribution in [1.82, 2.24) is 0 Å². The van der Waals surface area contributed by atoms with Gasteiger partial charge >= 0.3 is 0 Å². The minimum atomic E-state index is -0.0696. The van der Waals surface area contributed by atoms with E-state index in [4.69, 9.17) is 4.74 Å². The fourth-order valence-corrected chi connectivity index (χ4v) is 2.23. The van der Waals surface area contributed by atoms with Gasteiger partial charge in [-0.15, -0.1) is 0 Å². The van der Waals surface area contributed by atoms with E-state index in [2.05, 4.69) is 0 Å². The van der Waals surface area contributed by atoms with Crippen LogP contribution < -0.4 is 0 Å². The molecular weight excluding hydrogens is 176 g/mol. The topological polar surface area (TPSA) is 29.5 Å². The molecule has 1 saturated carbocycles. The SMILES string of the molecule is OC(CCC1CC1)CCC1CCCO1. The van der Waals surface area contributed by atoms with E-state index in [9.17, 15) is 5.11 Å². The first-order chi connectivity index (χ1) is 6.84. The summed E-state index contributed by atoms with van der Waals surface area (Å²) in [6.45, 7) is 0.933. The Kier molecular flexibility index (Phi) is 3.82. The highest BCUT2D eigenvalue weighted by atomic mass is 16.5. The predicted octanol–water partition coefficient (Wildman–Crippen LogP) is 2.50. The van der Waals surface area contributed by atoms with Crippen LogP contribution in [0, 0.1) is 5.92 Å². The Hall–Kier alpha value is -0.0800. The molecule has 0 radical (unpaired) electrons. The van der Waals surface area contributed by atoms with Crippen LogP contribution in [0.3, 0.4) is 0 Å². The fourth-order valence-electron chi connectivity index (χ4n) is 2.23. The molecule has 2 atom stereocenters. The van der Waals surface area contributed by atoms with Crippen molar-refractivity contribution >= 4 is 0 Å². The quantitative estimate of drug-likeness (QED) is 0.710. The predicted molar refractivity (Wildman–Crippen MR) is 56.2 cm³/mol. The zero-order chi connectivity index (χ0) is 9.80. The molecule has 1 aliphatic carbocycles. The normalized spacial score (nSPS) is 29.4. The molecule has 0 aromatic heterocycles. The van der Waals surface area contributed by atoms with Gasteiger partial charge in [0.2, 0.25) is 0 Å². The average Bonchev–Trinajstić information content (AvgIpc) is 2.87. The highest BCUT2D eigenvalue weighted by molar-refractivity contribution is 4.75. The van der Waals surface area contributed by atoms with E-state index in [1.54, 1.807) is 0 Å². The number of aliphatic hydroxyl groups is 1. The highest BCUT2D eigenvalue weighted by Gasteiger charge is 2.22. The Labute approximate surface area is 86.6 Å².